The molecule has 1 fully saturated rings. The van der Waals surface area contributed by atoms with Gasteiger partial charge in [-0.25, -0.2) is 4.98 Å². The molecule has 134 valence electrons. The van der Waals surface area contributed by atoms with Crippen molar-refractivity contribution < 1.29 is 4.79 Å². The number of likely N-dealkylation sites (tertiary alicyclic amines) is 1. The van der Waals surface area contributed by atoms with Crippen molar-refractivity contribution in [3.05, 3.63) is 40.9 Å². The number of hydrogen-bond donors (Lipinski definition) is 1. The van der Waals surface area contributed by atoms with Gasteiger partial charge in [0.1, 0.15) is 5.01 Å². The third-order valence-corrected chi connectivity index (χ3v) is 5.86. The lowest BCUT2D eigenvalue weighted by Crippen LogP contribution is -2.45. The van der Waals surface area contributed by atoms with Crippen LogP contribution >= 0.6 is 11.3 Å². The molecule has 2 heterocycles. The van der Waals surface area contributed by atoms with E-state index < -0.39 is 0 Å². The van der Waals surface area contributed by atoms with Crippen LogP contribution < -0.4 is 5.73 Å². The van der Waals surface area contributed by atoms with Gasteiger partial charge in [-0.3, -0.25) is 4.79 Å². The van der Waals surface area contributed by atoms with Crippen LogP contribution in [0.2, 0.25) is 0 Å². The van der Waals surface area contributed by atoms with Crippen molar-refractivity contribution in [1.29, 1.82) is 0 Å². The molecule has 0 unspecified atom stereocenters. The van der Waals surface area contributed by atoms with E-state index in [1.54, 1.807) is 11.3 Å². The Balaban J connectivity index is 1.63. The van der Waals surface area contributed by atoms with Crippen LogP contribution in [-0.2, 0) is 17.8 Å². The molecule has 0 radical (unpaired) electrons. The summed E-state index contributed by atoms with van der Waals surface area (Å²) in [7, 11) is 4.06. The Kier molecular flexibility index (Phi) is 5.83. The molecule has 1 amide bonds. The highest BCUT2D eigenvalue weighted by Crippen LogP contribution is 2.25. The van der Waals surface area contributed by atoms with Crippen LogP contribution in [0.15, 0.2) is 29.6 Å². The van der Waals surface area contributed by atoms with Gasteiger partial charge in [0.25, 0.3) is 0 Å². The molecule has 0 bridgehead atoms. The highest BCUT2D eigenvalue weighted by Gasteiger charge is 2.24. The first kappa shape index (κ1) is 18.0. The minimum absolute atomic E-state index is 0.155. The average Bonchev–Trinajstić information content (AvgIpc) is 3.10. The molecule has 2 aromatic rings. The number of hydrogen-bond acceptors (Lipinski definition) is 5. The Bertz CT molecular complexity index is 722. The highest BCUT2D eigenvalue weighted by atomic mass is 32.1. The van der Waals surface area contributed by atoms with Gasteiger partial charge in [-0.05, 0) is 44.6 Å². The number of nitrogens with zero attached hydrogens (tertiary/aromatic N) is 3. The van der Waals surface area contributed by atoms with Crippen LogP contribution in [0, 0.1) is 0 Å². The normalized spacial score (nSPS) is 16.1. The van der Waals surface area contributed by atoms with E-state index >= 15 is 0 Å². The summed E-state index contributed by atoms with van der Waals surface area (Å²) < 4.78 is 0. The number of aromatic nitrogens is 1. The second-order valence-corrected chi connectivity index (χ2v) is 7.62. The summed E-state index contributed by atoms with van der Waals surface area (Å²) in [5, 5.41) is 2.94. The van der Waals surface area contributed by atoms with Crippen molar-refractivity contribution in [2.45, 2.75) is 31.8 Å². The standard InChI is InChI=1S/C19H26N4OS/c1-22-8-6-17(7-9-22)23(2)18(24)11-16-13-25-19(21-16)15-5-3-4-14(10-15)12-20/h3-5,10,13,17H,6-9,11-12,20H2,1-2H3. The van der Waals surface area contributed by atoms with Gasteiger partial charge in [0, 0.05) is 30.6 Å². The fourth-order valence-electron chi connectivity index (χ4n) is 3.22. The minimum atomic E-state index is 0.155. The number of likely N-dealkylation sites (N-methyl/N-ethyl adjacent to an activating group) is 1. The maximum absolute atomic E-state index is 12.6. The van der Waals surface area contributed by atoms with Crippen molar-refractivity contribution in [2.75, 3.05) is 27.2 Å². The summed E-state index contributed by atoms with van der Waals surface area (Å²) in [6, 6.07) is 8.46. The molecule has 1 aliphatic heterocycles. The topological polar surface area (TPSA) is 62.5 Å². The molecule has 1 aliphatic rings. The number of thiazole rings is 1. The smallest absolute Gasteiger partial charge is 0.228 e. The molecule has 1 aromatic carbocycles. The third kappa shape index (κ3) is 4.45. The quantitative estimate of drug-likeness (QED) is 0.891. The fraction of sp³-hybridized carbons (Fsp3) is 0.474. The SMILES string of the molecule is CN1CCC(N(C)C(=O)Cc2csc(-c3cccc(CN)c3)n2)CC1. The third-order valence-electron chi connectivity index (χ3n) is 4.92. The summed E-state index contributed by atoms with van der Waals surface area (Å²) in [6.45, 7) is 2.63. The first-order valence-corrected chi connectivity index (χ1v) is 9.62. The minimum Gasteiger partial charge on any atom is -0.342 e. The number of benzene rings is 1. The summed E-state index contributed by atoms with van der Waals surface area (Å²) in [5.41, 5.74) is 8.72. The number of nitrogens with two attached hydrogens (primary N) is 1. The molecule has 6 heteroatoms. The Labute approximate surface area is 153 Å². The Morgan fingerprint density at radius 1 is 1.40 bits per heavy atom. The van der Waals surface area contributed by atoms with E-state index in [0.717, 1.165) is 47.8 Å². The molecule has 3 rings (SSSR count). The second-order valence-electron chi connectivity index (χ2n) is 6.76. The van der Waals surface area contributed by atoms with Crippen molar-refractivity contribution in [3.8, 4) is 10.6 Å². The van der Waals surface area contributed by atoms with Gasteiger partial charge in [0.2, 0.25) is 5.91 Å². The lowest BCUT2D eigenvalue weighted by Gasteiger charge is -2.35. The van der Waals surface area contributed by atoms with E-state index in [1.165, 1.54) is 0 Å². The van der Waals surface area contributed by atoms with Crippen LogP contribution in [-0.4, -0.2) is 53.9 Å². The van der Waals surface area contributed by atoms with E-state index in [0.29, 0.717) is 19.0 Å². The number of rotatable bonds is 5. The van der Waals surface area contributed by atoms with E-state index in [1.807, 2.05) is 35.5 Å². The number of amides is 1. The van der Waals surface area contributed by atoms with Gasteiger partial charge in [-0.2, -0.15) is 0 Å². The Morgan fingerprint density at radius 3 is 2.88 bits per heavy atom. The number of carbonyl (C=O) groups is 1. The molecule has 25 heavy (non-hydrogen) atoms. The molecule has 0 saturated carbocycles. The van der Waals surface area contributed by atoms with Crippen LogP contribution in [0.1, 0.15) is 24.1 Å². The summed E-state index contributed by atoms with van der Waals surface area (Å²) in [5.74, 6) is 0.155. The van der Waals surface area contributed by atoms with Crippen LogP contribution in [0.25, 0.3) is 10.6 Å². The Hall–Kier alpha value is -1.76. The first-order valence-electron chi connectivity index (χ1n) is 8.75. The molecule has 0 spiro atoms. The summed E-state index contributed by atoms with van der Waals surface area (Å²) in [4.78, 5) is 21.5. The van der Waals surface area contributed by atoms with Gasteiger partial charge in [-0.1, -0.05) is 18.2 Å². The molecule has 1 saturated heterocycles. The highest BCUT2D eigenvalue weighted by molar-refractivity contribution is 7.13. The molecule has 0 aliphatic carbocycles. The van der Waals surface area contributed by atoms with E-state index in [-0.39, 0.29) is 5.91 Å². The van der Waals surface area contributed by atoms with Crippen LogP contribution in [0.5, 0.6) is 0 Å². The van der Waals surface area contributed by atoms with E-state index in [9.17, 15) is 4.79 Å². The van der Waals surface area contributed by atoms with Crippen molar-refractivity contribution in [3.63, 3.8) is 0 Å². The zero-order chi connectivity index (χ0) is 17.8. The molecule has 2 N–H and O–H groups in total. The van der Waals surface area contributed by atoms with Crippen LogP contribution in [0.3, 0.4) is 0 Å². The van der Waals surface area contributed by atoms with Crippen molar-refractivity contribution >= 4 is 17.2 Å². The fourth-order valence-corrected chi connectivity index (χ4v) is 4.03. The molecule has 0 atom stereocenters. The second kappa shape index (κ2) is 8.08. The molecular weight excluding hydrogens is 332 g/mol. The molecule has 1 aromatic heterocycles. The van der Waals surface area contributed by atoms with Gasteiger partial charge in [-0.15, -0.1) is 11.3 Å². The van der Waals surface area contributed by atoms with E-state index in [2.05, 4.69) is 23.0 Å². The van der Waals surface area contributed by atoms with Crippen molar-refractivity contribution in [2.24, 2.45) is 5.73 Å². The molecule has 5 nitrogen and oxygen atoms in total. The van der Waals surface area contributed by atoms with Gasteiger partial charge in [0.15, 0.2) is 0 Å². The first-order chi connectivity index (χ1) is 12.1. The van der Waals surface area contributed by atoms with Gasteiger partial charge < -0.3 is 15.5 Å². The number of piperidine rings is 1. The zero-order valence-corrected chi connectivity index (χ0v) is 15.8. The van der Waals surface area contributed by atoms with Gasteiger partial charge >= 0.3 is 0 Å². The van der Waals surface area contributed by atoms with Gasteiger partial charge in [0.05, 0.1) is 12.1 Å². The average molecular weight is 359 g/mol. The largest absolute Gasteiger partial charge is 0.342 e. The summed E-state index contributed by atoms with van der Waals surface area (Å²) in [6.07, 6.45) is 2.47. The zero-order valence-electron chi connectivity index (χ0n) is 14.9. The van der Waals surface area contributed by atoms with Crippen LogP contribution in [0.4, 0.5) is 0 Å². The molecular formula is C19H26N4OS. The summed E-state index contributed by atoms with van der Waals surface area (Å²) >= 11 is 1.58. The predicted octanol–water partition coefficient (Wildman–Crippen LogP) is 2.36. The lowest BCUT2D eigenvalue weighted by atomic mass is 10.0. The van der Waals surface area contributed by atoms with E-state index in [4.69, 9.17) is 5.73 Å². The Morgan fingerprint density at radius 2 is 2.16 bits per heavy atom. The maximum atomic E-state index is 12.6. The monoisotopic (exact) mass is 358 g/mol. The lowest BCUT2D eigenvalue weighted by molar-refractivity contribution is -0.132. The number of carbonyl (C=O) groups excluding carboxylic acids is 1. The maximum Gasteiger partial charge on any atom is 0.228 e. The predicted molar refractivity (Wildman–Crippen MR) is 102 cm³/mol. The van der Waals surface area contributed by atoms with Crippen molar-refractivity contribution in [1.82, 2.24) is 14.8 Å².